The minimum atomic E-state index is -0.335. The molecule has 2 amide bonds. The van der Waals surface area contributed by atoms with Crippen LogP contribution in [0.5, 0.6) is 5.75 Å². The molecular weight excluding hydrogens is 370 g/mol. The summed E-state index contributed by atoms with van der Waals surface area (Å²) in [6.07, 6.45) is -0.335. The Kier molecular flexibility index (Phi) is 6.69. The van der Waals surface area contributed by atoms with Crippen LogP contribution in [-0.2, 0) is 9.53 Å². The molecule has 150 valence electrons. The average molecular weight is 393 g/mol. The van der Waals surface area contributed by atoms with E-state index in [1.54, 1.807) is 28.9 Å². The topological polar surface area (TPSA) is 82.9 Å². The minimum absolute atomic E-state index is 0.0460. The third-order valence-corrected chi connectivity index (χ3v) is 4.72. The van der Waals surface area contributed by atoms with Crippen molar-refractivity contribution in [1.82, 2.24) is 9.80 Å². The van der Waals surface area contributed by atoms with Crippen LogP contribution in [-0.4, -0.2) is 61.2 Å². The summed E-state index contributed by atoms with van der Waals surface area (Å²) in [5, 5.41) is 8.87. The van der Waals surface area contributed by atoms with Crippen molar-refractivity contribution in [2.24, 2.45) is 0 Å². The molecule has 0 bridgehead atoms. The van der Waals surface area contributed by atoms with E-state index in [0.29, 0.717) is 44.1 Å². The smallest absolute Gasteiger partial charge is 0.409 e. The molecule has 2 aromatic rings. The van der Waals surface area contributed by atoms with Gasteiger partial charge in [-0.1, -0.05) is 24.3 Å². The van der Waals surface area contributed by atoms with Gasteiger partial charge in [-0.25, -0.2) is 4.79 Å². The summed E-state index contributed by atoms with van der Waals surface area (Å²) in [5.74, 6) is 0.505. The summed E-state index contributed by atoms with van der Waals surface area (Å²) in [6.45, 7) is 3.93. The molecule has 29 heavy (non-hydrogen) atoms. The lowest BCUT2D eigenvalue weighted by Gasteiger charge is -2.33. The van der Waals surface area contributed by atoms with Crippen LogP contribution in [0.2, 0.25) is 0 Å². The summed E-state index contributed by atoms with van der Waals surface area (Å²) in [4.78, 5) is 27.4. The standard InChI is InChI=1S/C22H23N3O4/c1-2-28-22(27)25-13-11-24(12-14-25)21(26)16-29-20-9-7-19(8-10-20)18-5-3-17(15-23)4-6-18/h3-10H,2,11-14,16H2,1H3. The Morgan fingerprint density at radius 2 is 1.48 bits per heavy atom. The fraction of sp³-hybridized carbons (Fsp3) is 0.318. The van der Waals surface area contributed by atoms with Gasteiger partial charge in [0.1, 0.15) is 5.75 Å². The number of piperazine rings is 1. The van der Waals surface area contributed by atoms with Crippen LogP contribution in [0.1, 0.15) is 12.5 Å². The number of nitriles is 1. The van der Waals surface area contributed by atoms with Crippen LogP contribution in [0, 0.1) is 11.3 Å². The van der Waals surface area contributed by atoms with Gasteiger partial charge in [-0.2, -0.15) is 5.26 Å². The van der Waals surface area contributed by atoms with E-state index in [-0.39, 0.29) is 18.6 Å². The number of carbonyl (C=O) groups excluding carboxylic acids is 2. The maximum Gasteiger partial charge on any atom is 0.409 e. The SMILES string of the molecule is CCOC(=O)N1CCN(C(=O)COc2ccc(-c3ccc(C#N)cc3)cc2)CC1. The highest BCUT2D eigenvalue weighted by molar-refractivity contribution is 5.78. The van der Waals surface area contributed by atoms with E-state index in [1.807, 2.05) is 36.4 Å². The molecule has 0 spiro atoms. The van der Waals surface area contributed by atoms with Crippen molar-refractivity contribution in [1.29, 1.82) is 5.26 Å². The van der Waals surface area contributed by atoms with E-state index in [1.165, 1.54) is 0 Å². The van der Waals surface area contributed by atoms with Gasteiger partial charge in [-0.3, -0.25) is 4.79 Å². The number of hydrogen-bond donors (Lipinski definition) is 0. The van der Waals surface area contributed by atoms with Crippen molar-refractivity contribution < 1.29 is 19.1 Å². The predicted molar refractivity (Wildman–Crippen MR) is 107 cm³/mol. The Morgan fingerprint density at radius 3 is 2.03 bits per heavy atom. The van der Waals surface area contributed by atoms with Crippen molar-refractivity contribution in [2.75, 3.05) is 39.4 Å². The Hall–Kier alpha value is -3.53. The van der Waals surface area contributed by atoms with Crippen LogP contribution in [0.25, 0.3) is 11.1 Å². The molecule has 0 aliphatic carbocycles. The van der Waals surface area contributed by atoms with Gasteiger partial charge in [0, 0.05) is 26.2 Å². The van der Waals surface area contributed by atoms with Gasteiger partial charge >= 0.3 is 6.09 Å². The average Bonchev–Trinajstić information content (AvgIpc) is 2.78. The fourth-order valence-electron chi connectivity index (χ4n) is 3.07. The van der Waals surface area contributed by atoms with Gasteiger partial charge in [-0.15, -0.1) is 0 Å². The Morgan fingerprint density at radius 1 is 0.931 bits per heavy atom. The van der Waals surface area contributed by atoms with Crippen molar-refractivity contribution >= 4 is 12.0 Å². The highest BCUT2D eigenvalue weighted by Gasteiger charge is 2.24. The zero-order valence-corrected chi connectivity index (χ0v) is 16.3. The number of hydrogen-bond acceptors (Lipinski definition) is 5. The lowest BCUT2D eigenvalue weighted by molar-refractivity contribution is -0.134. The molecule has 0 saturated carbocycles. The number of carbonyl (C=O) groups is 2. The fourth-order valence-corrected chi connectivity index (χ4v) is 3.07. The first-order valence-corrected chi connectivity index (χ1v) is 9.53. The van der Waals surface area contributed by atoms with E-state index < -0.39 is 0 Å². The van der Waals surface area contributed by atoms with Crippen LogP contribution in [0.15, 0.2) is 48.5 Å². The molecule has 1 aliphatic heterocycles. The third-order valence-electron chi connectivity index (χ3n) is 4.72. The van der Waals surface area contributed by atoms with Crippen LogP contribution < -0.4 is 4.74 Å². The highest BCUT2D eigenvalue weighted by Crippen LogP contribution is 2.23. The molecule has 7 nitrogen and oxygen atoms in total. The Labute approximate surface area is 170 Å². The second-order valence-electron chi connectivity index (χ2n) is 6.57. The van der Waals surface area contributed by atoms with Gasteiger partial charge in [0.15, 0.2) is 6.61 Å². The summed E-state index contributed by atoms with van der Waals surface area (Å²) in [7, 11) is 0. The van der Waals surface area contributed by atoms with E-state index in [0.717, 1.165) is 11.1 Å². The first kappa shape index (κ1) is 20.2. The summed E-state index contributed by atoms with van der Waals surface area (Å²) >= 11 is 0. The molecule has 2 aromatic carbocycles. The summed E-state index contributed by atoms with van der Waals surface area (Å²) in [5.41, 5.74) is 2.63. The lowest BCUT2D eigenvalue weighted by atomic mass is 10.0. The number of ether oxygens (including phenoxy) is 2. The quantitative estimate of drug-likeness (QED) is 0.780. The molecule has 0 N–H and O–H groups in total. The number of benzene rings is 2. The molecule has 1 heterocycles. The van der Waals surface area contributed by atoms with Gasteiger partial charge < -0.3 is 19.3 Å². The largest absolute Gasteiger partial charge is 0.484 e. The highest BCUT2D eigenvalue weighted by atomic mass is 16.6. The number of amides is 2. The number of rotatable bonds is 5. The monoisotopic (exact) mass is 393 g/mol. The molecule has 1 saturated heterocycles. The molecule has 1 fully saturated rings. The maximum atomic E-state index is 12.4. The normalized spacial score (nSPS) is 13.5. The van der Waals surface area contributed by atoms with Gasteiger partial charge in [0.05, 0.1) is 18.2 Å². The van der Waals surface area contributed by atoms with Gasteiger partial charge in [0.25, 0.3) is 5.91 Å². The lowest BCUT2D eigenvalue weighted by Crippen LogP contribution is -2.51. The first-order valence-electron chi connectivity index (χ1n) is 9.53. The molecule has 7 heteroatoms. The van der Waals surface area contributed by atoms with Crippen LogP contribution in [0.4, 0.5) is 4.79 Å². The molecule has 3 rings (SSSR count). The van der Waals surface area contributed by atoms with E-state index in [2.05, 4.69) is 6.07 Å². The van der Waals surface area contributed by atoms with Crippen molar-refractivity contribution in [3.63, 3.8) is 0 Å². The van der Waals surface area contributed by atoms with Gasteiger partial charge in [0.2, 0.25) is 0 Å². The summed E-state index contributed by atoms with van der Waals surface area (Å²) in [6, 6.07) is 16.9. The molecular formula is C22H23N3O4. The van der Waals surface area contributed by atoms with Crippen molar-refractivity contribution in [2.45, 2.75) is 6.92 Å². The number of nitrogens with zero attached hydrogens (tertiary/aromatic N) is 3. The zero-order valence-electron chi connectivity index (χ0n) is 16.3. The Balaban J connectivity index is 1.48. The predicted octanol–water partition coefficient (Wildman–Crippen LogP) is 2.90. The third kappa shape index (κ3) is 5.26. The molecule has 0 atom stereocenters. The Bertz CT molecular complexity index is 880. The maximum absolute atomic E-state index is 12.4. The molecule has 0 unspecified atom stereocenters. The second-order valence-corrected chi connectivity index (χ2v) is 6.57. The molecule has 0 radical (unpaired) electrons. The molecule has 0 aromatic heterocycles. The second kappa shape index (κ2) is 9.60. The molecule has 1 aliphatic rings. The van der Waals surface area contributed by atoms with E-state index in [9.17, 15) is 9.59 Å². The zero-order chi connectivity index (χ0) is 20.6. The minimum Gasteiger partial charge on any atom is -0.484 e. The van der Waals surface area contributed by atoms with Crippen molar-refractivity contribution in [3.8, 4) is 22.9 Å². The van der Waals surface area contributed by atoms with Crippen LogP contribution >= 0.6 is 0 Å². The van der Waals surface area contributed by atoms with Crippen LogP contribution in [0.3, 0.4) is 0 Å². The van der Waals surface area contributed by atoms with E-state index >= 15 is 0 Å². The first-order chi connectivity index (χ1) is 14.1. The summed E-state index contributed by atoms with van der Waals surface area (Å²) < 4.78 is 10.6. The van der Waals surface area contributed by atoms with Gasteiger partial charge in [-0.05, 0) is 42.3 Å². The van der Waals surface area contributed by atoms with Crippen molar-refractivity contribution in [3.05, 3.63) is 54.1 Å². The van der Waals surface area contributed by atoms with E-state index in [4.69, 9.17) is 14.7 Å².